The molecule has 30 heavy (non-hydrogen) atoms. The van der Waals surface area contributed by atoms with E-state index in [4.69, 9.17) is 18.6 Å². The van der Waals surface area contributed by atoms with Crippen molar-refractivity contribution in [2.45, 2.75) is 25.3 Å². The highest BCUT2D eigenvalue weighted by Crippen LogP contribution is 2.38. The predicted molar refractivity (Wildman–Crippen MR) is 115 cm³/mol. The number of rotatable bonds is 9. The largest absolute Gasteiger partial charge is 0.493 e. The van der Waals surface area contributed by atoms with Crippen LogP contribution < -0.4 is 19.5 Å². The summed E-state index contributed by atoms with van der Waals surface area (Å²) in [7, 11) is 4.68. The zero-order chi connectivity index (χ0) is 21.3. The maximum absolute atomic E-state index is 12.5. The second kappa shape index (κ2) is 10.7. The molecule has 1 N–H and O–H groups in total. The van der Waals surface area contributed by atoms with Gasteiger partial charge in [0.15, 0.2) is 11.5 Å². The van der Waals surface area contributed by atoms with Gasteiger partial charge in [-0.05, 0) is 61.8 Å². The van der Waals surface area contributed by atoms with Gasteiger partial charge in [-0.1, -0.05) is 6.42 Å². The van der Waals surface area contributed by atoms with E-state index in [0.717, 1.165) is 24.4 Å². The topological polar surface area (TPSA) is 73.2 Å². The van der Waals surface area contributed by atoms with Crippen LogP contribution in [0.2, 0.25) is 0 Å². The molecule has 162 valence electrons. The second-order valence-electron chi connectivity index (χ2n) is 7.17. The van der Waals surface area contributed by atoms with Crippen molar-refractivity contribution in [2.24, 2.45) is 0 Å². The Morgan fingerprint density at radius 3 is 2.40 bits per heavy atom. The van der Waals surface area contributed by atoms with Crippen molar-refractivity contribution in [3.8, 4) is 17.2 Å². The van der Waals surface area contributed by atoms with Gasteiger partial charge in [-0.25, -0.2) is 0 Å². The van der Waals surface area contributed by atoms with Gasteiger partial charge in [0.05, 0.1) is 33.6 Å². The normalized spacial score (nSPS) is 15.7. The third-order valence-corrected chi connectivity index (χ3v) is 5.29. The molecule has 1 saturated heterocycles. The van der Waals surface area contributed by atoms with E-state index in [9.17, 15) is 4.79 Å². The maximum atomic E-state index is 12.5. The molecule has 1 aliphatic rings. The second-order valence-corrected chi connectivity index (χ2v) is 7.17. The summed E-state index contributed by atoms with van der Waals surface area (Å²) < 4.78 is 21.7. The lowest BCUT2D eigenvalue weighted by molar-refractivity contribution is -0.116. The number of carbonyl (C=O) groups excluding carboxylic acids is 1. The molecule has 2 aromatic rings. The zero-order valence-corrected chi connectivity index (χ0v) is 17.8. The van der Waals surface area contributed by atoms with Gasteiger partial charge in [-0.2, -0.15) is 0 Å². The van der Waals surface area contributed by atoms with Crippen molar-refractivity contribution in [3.63, 3.8) is 0 Å². The van der Waals surface area contributed by atoms with Crippen molar-refractivity contribution in [1.29, 1.82) is 0 Å². The highest BCUT2D eigenvalue weighted by Gasteiger charge is 2.24. The SMILES string of the molecule is COc1cc(C=CC(=O)NCC(c2ccco2)N2CCCCC2)cc(OC)c1OC. The number of carbonyl (C=O) groups is 1. The molecular weight excluding hydrogens is 384 g/mol. The summed E-state index contributed by atoms with van der Waals surface area (Å²) in [5.41, 5.74) is 0.776. The van der Waals surface area contributed by atoms with Crippen LogP contribution in [-0.2, 0) is 4.79 Å². The molecule has 1 amide bonds. The first-order valence-electron chi connectivity index (χ1n) is 10.2. The van der Waals surface area contributed by atoms with E-state index in [0.29, 0.717) is 23.8 Å². The Kier molecular flexibility index (Phi) is 7.79. The predicted octanol–water partition coefficient (Wildman–Crippen LogP) is 3.66. The first kappa shape index (κ1) is 21.8. The summed E-state index contributed by atoms with van der Waals surface area (Å²) in [6.45, 7) is 2.52. The van der Waals surface area contributed by atoms with E-state index in [1.807, 2.05) is 12.1 Å². The third kappa shape index (κ3) is 5.36. The van der Waals surface area contributed by atoms with Gasteiger partial charge in [0, 0.05) is 12.6 Å². The molecule has 0 saturated carbocycles. The molecule has 2 heterocycles. The standard InChI is InChI=1S/C23H30N2O5/c1-27-20-14-17(15-21(28-2)23(20)29-3)9-10-22(26)24-16-18(19-8-7-13-30-19)25-11-5-4-6-12-25/h7-10,13-15,18H,4-6,11-12,16H2,1-3H3,(H,24,26). The number of nitrogens with one attached hydrogen (secondary N) is 1. The van der Waals surface area contributed by atoms with Gasteiger partial charge < -0.3 is 23.9 Å². The summed E-state index contributed by atoms with van der Waals surface area (Å²) in [5.74, 6) is 2.31. The molecule has 0 radical (unpaired) electrons. The van der Waals surface area contributed by atoms with Crippen LogP contribution in [0.25, 0.3) is 6.08 Å². The molecule has 3 rings (SSSR count). The average molecular weight is 415 g/mol. The molecule has 0 bridgehead atoms. The number of likely N-dealkylation sites (tertiary alicyclic amines) is 1. The maximum Gasteiger partial charge on any atom is 0.244 e. The first-order chi connectivity index (χ1) is 14.7. The summed E-state index contributed by atoms with van der Waals surface area (Å²) in [6, 6.07) is 7.49. The fraction of sp³-hybridized carbons (Fsp3) is 0.435. The van der Waals surface area contributed by atoms with E-state index < -0.39 is 0 Å². The quantitative estimate of drug-likeness (QED) is 0.632. The van der Waals surface area contributed by atoms with Crippen LogP contribution >= 0.6 is 0 Å². The fourth-order valence-corrected chi connectivity index (χ4v) is 3.75. The van der Waals surface area contributed by atoms with E-state index >= 15 is 0 Å². The summed E-state index contributed by atoms with van der Waals surface area (Å²) in [5, 5.41) is 3.00. The van der Waals surface area contributed by atoms with Crippen LogP contribution in [0.3, 0.4) is 0 Å². The molecule has 1 unspecified atom stereocenters. The van der Waals surface area contributed by atoms with E-state index in [2.05, 4.69) is 10.2 Å². The minimum Gasteiger partial charge on any atom is -0.493 e. The monoisotopic (exact) mass is 414 g/mol. The van der Waals surface area contributed by atoms with Crippen molar-refractivity contribution in [2.75, 3.05) is 41.0 Å². The van der Waals surface area contributed by atoms with Crippen molar-refractivity contribution < 1.29 is 23.4 Å². The Labute approximate surface area is 177 Å². The minimum absolute atomic E-state index is 0.0406. The van der Waals surface area contributed by atoms with Gasteiger partial charge >= 0.3 is 0 Å². The Morgan fingerprint density at radius 1 is 1.13 bits per heavy atom. The Morgan fingerprint density at radius 2 is 1.83 bits per heavy atom. The Bertz CT molecular complexity index is 816. The average Bonchev–Trinajstić information content (AvgIpc) is 3.32. The van der Waals surface area contributed by atoms with Gasteiger partial charge in [0.25, 0.3) is 0 Å². The van der Waals surface area contributed by atoms with Gasteiger partial charge in [-0.3, -0.25) is 9.69 Å². The molecule has 1 aromatic carbocycles. The molecule has 7 nitrogen and oxygen atoms in total. The smallest absolute Gasteiger partial charge is 0.244 e. The van der Waals surface area contributed by atoms with Crippen LogP contribution in [-0.4, -0.2) is 51.8 Å². The highest BCUT2D eigenvalue weighted by molar-refractivity contribution is 5.91. The molecule has 1 fully saturated rings. The number of hydrogen-bond donors (Lipinski definition) is 1. The number of methoxy groups -OCH3 is 3. The van der Waals surface area contributed by atoms with E-state index in [-0.39, 0.29) is 11.9 Å². The van der Waals surface area contributed by atoms with Crippen LogP contribution in [0.1, 0.15) is 36.6 Å². The third-order valence-electron chi connectivity index (χ3n) is 5.29. The number of benzene rings is 1. The lowest BCUT2D eigenvalue weighted by Gasteiger charge is -2.33. The summed E-state index contributed by atoms with van der Waals surface area (Å²) in [6.07, 6.45) is 8.51. The van der Waals surface area contributed by atoms with E-state index in [1.165, 1.54) is 25.3 Å². The van der Waals surface area contributed by atoms with Crippen LogP contribution in [0.4, 0.5) is 0 Å². The first-order valence-corrected chi connectivity index (χ1v) is 10.2. The number of piperidine rings is 1. The Balaban J connectivity index is 1.66. The molecule has 1 aromatic heterocycles. The molecular formula is C23H30N2O5. The minimum atomic E-state index is -0.169. The van der Waals surface area contributed by atoms with Crippen LogP contribution in [0.5, 0.6) is 17.2 Å². The highest BCUT2D eigenvalue weighted by atomic mass is 16.5. The van der Waals surface area contributed by atoms with Crippen molar-refractivity contribution in [1.82, 2.24) is 10.2 Å². The lowest BCUT2D eigenvalue weighted by atomic mass is 10.1. The van der Waals surface area contributed by atoms with Gasteiger partial charge in [-0.15, -0.1) is 0 Å². The van der Waals surface area contributed by atoms with E-state index in [1.54, 1.807) is 45.8 Å². The number of nitrogens with zero attached hydrogens (tertiary/aromatic N) is 1. The number of ether oxygens (including phenoxy) is 3. The molecule has 0 spiro atoms. The summed E-state index contributed by atoms with van der Waals surface area (Å²) in [4.78, 5) is 14.9. The Hall–Kier alpha value is -2.93. The van der Waals surface area contributed by atoms with Crippen molar-refractivity contribution >= 4 is 12.0 Å². The number of amides is 1. The number of furan rings is 1. The zero-order valence-electron chi connectivity index (χ0n) is 17.8. The molecule has 1 atom stereocenters. The van der Waals surface area contributed by atoms with Gasteiger partial charge in [0.2, 0.25) is 11.7 Å². The summed E-state index contributed by atoms with van der Waals surface area (Å²) >= 11 is 0. The molecule has 7 heteroatoms. The molecule has 1 aliphatic heterocycles. The van der Waals surface area contributed by atoms with Crippen LogP contribution in [0.15, 0.2) is 41.0 Å². The van der Waals surface area contributed by atoms with Gasteiger partial charge in [0.1, 0.15) is 5.76 Å². The lowest BCUT2D eigenvalue weighted by Crippen LogP contribution is -2.40. The van der Waals surface area contributed by atoms with Crippen molar-refractivity contribution in [3.05, 3.63) is 47.9 Å². The fourth-order valence-electron chi connectivity index (χ4n) is 3.75. The van der Waals surface area contributed by atoms with Crippen LogP contribution in [0, 0.1) is 0 Å². The number of hydrogen-bond acceptors (Lipinski definition) is 6. The molecule has 0 aliphatic carbocycles.